The van der Waals surface area contributed by atoms with Gasteiger partial charge in [-0.25, -0.2) is 0 Å². The van der Waals surface area contributed by atoms with Crippen LogP contribution in [-0.4, -0.2) is 34.3 Å². The summed E-state index contributed by atoms with van der Waals surface area (Å²) in [7, 11) is 0. The van der Waals surface area contributed by atoms with Crippen LogP contribution in [0.3, 0.4) is 0 Å². The van der Waals surface area contributed by atoms with Gasteiger partial charge in [-0.2, -0.15) is 5.26 Å². The van der Waals surface area contributed by atoms with Crippen molar-refractivity contribution < 1.29 is 10.2 Å². The summed E-state index contributed by atoms with van der Waals surface area (Å²) in [6.07, 6.45) is -0.00848. The number of aliphatic hydroxyl groups is 2. The van der Waals surface area contributed by atoms with E-state index in [1.54, 1.807) is 12.1 Å². The lowest BCUT2D eigenvalue weighted by molar-refractivity contribution is 0.0527. The van der Waals surface area contributed by atoms with E-state index in [9.17, 15) is 10.2 Å². The van der Waals surface area contributed by atoms with Crippen molar-refractivity contribution in [3.63, 3.8) is 0 Å². The average Bonchev–Trinajstić information content (AvgIpc) is 2.90. The monoisotopic (exact) mass is 246 g/mol. The van der Waals surface area contributed by atoms with Gasteiger partial charge < -0.3 is 10.2 Å². The predicted octanol–water partition coefficient (Wildman–Crippen LogP) is 1.20. The Morgan fingerprint density at radius 2 is 2.00 bits per heavy atom. The molecule has 1 aliphatic heterocycles. The highest BCUT2D eigenvalue weighted by Gasteiger charge is 2.18. The van der Waals surface area contributed by atoms with Gasteiger partial charge in [0.2, 0.25) is 0 Å². The van der Waals surface area contributed by atoms with Gasteiger partial charge in [0.05, 0.1) is 6.07 Å². The molecule has 18 heavy (non-hydrogen) atoms. The number of benzene rings is 1. The third kappa shape index (κ3) is 3.08. The fourth-order valence-corrected chi connectivity index (χ4v) is 2.33. The second kappa shape index (κ2) is 5.96. The second-order valence-electron chi connectivity index (χ2n) is 4.75. The summed E-state index contributed by atoms with van der Waals surface area (Å²) in [6.45, 7) is 3.10. The standard InChI is InChI=1S/C14H18N2O2/c15-9-13(17)14(18)12-5-3-4-11(8-12)10-16-6-1-2-7-16/h3-5,8,13-14,17-18H,1-2,6-7,10H2. The van der Waals surface area contributed by atoms with Crippen molar-refractivity contribution in [3.05, 3.63) is 35.4 Å². The molecule has 4 nitrogen and oxygen atoms in total. The molecule has 1 fully saturated rings. The molecule has 0 radical (unpaired) electrons. The van der Waals surface area contributed by atoms with Gasteiger partial charge in [-0.05, 0) is 37.1 Å². The lowest BCUT2D eigenvalue weighted by Crippen LogP contribution is -2.19. The summed E-state index contributed by atoms with van der Waals surface area (Å²) in [5.74, 6) is 0. The lowest BCUT2D eigenvalue weighted by atomic mass is 10.0. The summed E-state index contributed by atoms with van der Waals surface area (Å²) in [5, 5.41) is 27.7. The Bertz CT molecular complexity index is 436. The molecule has 2 atom stereocenters. The fourth-order valence-electron chi connectivity index (χ4n) is 2.33. The van der Waals surface area contributed by atoms with Crippen molar-refractivity contribution >= 4 is 0 Å². The van der Waals surface area contributed by atoms with Crippen molar-refractivity contribution in [2.24, 2.45) is 0 Å². The van der Waals surface area contributed by atoms with Crippen LogP contribution in [0.1, 0.15) is 30.1 Å². The van der Waals surface area contributed by atoms with Crippen LogP contribution in [0.15, 0.2) is 24.3 Å². The maximum Gasteiger partial charge on any atom is 0.170 e. The number of likely N-dealkylation sites (tertiary alicyclic amines) is 1. The minimum absolute atomic E-state index is 0.598. The number of hydrogen-bond donors (Lipinski definition) is 2. The van der Waals surface area contributed by atoms with E-state index in [4.69, 9.17) is 5.26 Å². The Labute approximate surface area is 107 Å². The molecule has 0 aromatic heterocycles. The predicted molar refractivity (Wildman–Crippen MR) is 67.5 cm³/mol. The van der Waals surface area contributed by atoms with E-state index in [1.165, 1.54) is 12.8 Å². The Morgan fingerprint density at radius 3 is 2.67 bits per heavy atom. The first-order valence-corrected chi connectivity index (χ1v) is 6.27. The molecule has 0 spiro atoms. The molecule has 1 aromatic rings. The van der Waals surface area contributed by atoms with Gasteiger partial charge in [-0.3, -0.25) is 4.90 Å². The van der Waals surface area contributed by atoms with Gasteiger partial charge in [-0.1, -0.05) is 24.3 Å². The first-order valence-electron chi connectivity index (χ1n) is 6.27. The minimum Gasteiger partial charge on any atom is -0.385 e. The van der Waals surface area contributed by atoms with E-state index in [1.807, 2.05) is 18.2 Å². The zero-order chi connectivity index (χ0) is 13.0. The summed E-state index contributed by atoms with van der Waals surface area (Å²) < 4.78 is 0. The molecule has 0 aliphatic carbocycles. The van der Waals surface area contributed by atoms with Crippen LogP contribution in [0.2, 0.25) is 0 Å². The summed E-state index contributed by atoms with van der Waals surface area (Å²) in [5.41, 5.74) is 1.71. The minimum atomic E-state index is -1.37. The molecular weight excluding hydrogens is 228 g/mol. The summed E-state index contributed by atoms with van der Waals surface area (Å²) >= 11 is 0. The average molecular weight is 246 g/mol. The first kappa shape index (κ1) is 13.0. The van der Waals surface area contributed by atoms with Gasteiger partial charge in [0, 0.05) is 6.54 Å². The zero-order valence-electron chi connectivity index (χ0n) is 10.3. The molecule has 1 aromatic carbocycles. The van der Waals surface area contributed by atoms with E-state index >= 15 is 0 Å². The quantitative estimate of drug-likeness (QED) is 0.783. The number of nitriles is 1. The third-order valence-electron chi connectivity index (χ3n) is 3.33. The van der Waals surface area contributed by atoms with E-state index in [0.29, 0.717) is 5.56 Å². The molecule has 1 aliphatic rings. The normalized spacial score (nSPS) is 19.4. The number of rotatable bonds is 4. The highest BCUT2D eigenvalue weighted by molar-refractivity contribution is 5.26. The second-order valence-corrected chi connectivity index (χ2v) is 4.75. The molecule has 0 amide bonds. The van der Waals surface area contributed by atoms with Crippen LogP contribution in [-0.2, 0) is 6.54 Å². The van der Waals surface area contributed by atoms with Crippen LogP contribution in [0.25, 0.3) is 0 Å². The first-order chi connectivity index (χ1) is 8.70. The van der Waals surface area contributed by atoms with Crippen molar-refractivity contribution in [2.75, 3.05) is 13.1 Å². The van der Waals surface area contributed by atoms with Crippen LogP contribution < -0.4 is 0 Å². The molecule has 96 valence electrons. The number of aliphatic hydroxyl groups excluding tert-OH is 2. The number of nitrogens with zero attached hydrogens (tertiary/aromatic N) is 2. The Morgan fingerprint density at radius 1 is 1.28 bits per heavy atom. The molecular formula is C14H18N2O2. The zero-order valence-corrected chi connectivity index (χ0v) is 10.3. The van der Waals surface area contributed by atoms with Gasteiger partial charge in [-0.15, -0.1) is 0 Å². The van der Waals surface area contributed by atoms with E-state index < -0.39 is 12.2 Å². The summed E-state index contributed by atoms with van der Waals surface area (Å²) in [4.78, 5) is 2.37. The molecule has 2 unspecified atom stereocenters. The Hall–Kier alpha value is -1.41. The highest BCUT2D eigenvalue weighted by atomic mass is 16.3. The molecule has 4 heteroatoms. The summed E-state index contributed by atoms with van der Waals surface area (Å²) in [6, 6.07) is 9.11. The van der Waals surface area contributed by atoms with Crippen molar-refractivity contribution in [1.82, 2.24) is 4.90 Å². The maximum absolute atomic E-state index is 9.79. The van der Waals surface area contributed by atoms with Crippen molar-refractivity contribution in [3.8, 4) is 6.07 Å². The van der Waals surface area contributed by atoms with Crippen LogP contribution in [0, 0.1) is 11.3 Å². The molecule has 0 bridgehead atoms. The van der Waals surface area contributed by atoms with Crippen molar-refractivity contribution in [1.29, 1.82) is 5.26 Å². The smallest absolute Gasteiger partial charge is 0.170 e. The van der Waals surface area contributed by atoms with E-state index in [0.717, 1.165) is 25.2 Å². The molecule has 1 heterocycles. The van der Waals surface area contributed by atoms with Crippen LogP contribution in [0.4, 0.5) is 0 Å². The molecule has 1 saturated heterocycles. The SMILES string of the molecule is N#CC(O)C(O)c1cccc(CN2CCCC2)c1. The Kier molecular flexibility index (Phi) is 4.32. The van der Waals surface area contributed by atoms with E-state index in [2.05, 4.69) is 4.90 Å². The Balaban J connectivity index is 2.07. The maximum atomic E-state index is 9.79. The van der Waals surface area contributed by atoms with E-state index in [-0.39, 0.29) is 0 Å². The molecule has 2 N–H and O–H groups in total. The van der Waals surface area contributed by atoms with Gasteiger partial charge >= 0.3 is 0 Å². The van der Waals surface area contributed by atoms with Gasteiger partial charge in [0.1, 0.15) is 6.10 Å². The molecule has 0 saturated carbocycles. The van der Waals surface area contributed by atoms with Crippen LogP contribution >= 0.6 is 0 Å². The van der Waals surface area contributed by atoms with Crippen molar-refractivity contribution in [2.45, 2.75) is 31.6 Å². The fraction of sp³-hybridized carbons (Fsp3) is 0.500. The van der Waals surface area contributed by atoms with Gasteiger partial charge in [0.25, 0.3) is 0 Å². The topological polar surface area (TPSA) is 67.5 Å². The lowest BCUT2D eigenvalue weighted by Gasteiger charge is -2.17. The largest absolute Gasteiger partial charge is 0.385 e. The molecule has 2 rings (SSSR count). The highest BCUT2D eigenvalue weighted by Crippen LogP contribution is 2.20. The third-order valence-corrected chi connectivity index (χ3v) is 3.33. The number of hydrogen-bond acceptors (Lipinski definition) is 4. The van der Waals surface area contributed by atoms with Crippen LogP contribution in [0.5, 0.6) is 0 Å². The van der Waals surface area contributed by atoms with Gasteiger partial charge in [0.15, 0.2) is 6.10 Å².